The molecule has 4 heteroatoms. The Balaban J connectivity index is 2.81. The molecule has 2 N–H and O–H groups in total. The number of terminal acetylenes is 1. The summed E-state index contributed by atoms with van der Waals surface area (Å²) >= 11 is 0. The molecule has 0 radical (unpaired) electrons. The summed E-state index contributed by atoms with van der Waals surface area (Å²) in [6, 6.07) is 0. The van der Waals surface area contributed by atoms with Crippen LogP contribution in [0.15, 0.2) is 0 Å². The molecule has 0 bridgehead atoms. The van der Waals surface area contributed by atoms with Gasteiger partial charge in [0.25, 0.3) is 0 Å². The number of piperidine rings is 1. The molecule has 0 spiro atoms. The summed E-state index contributed by atoms with van der Waals surface area (Å²) in [5, 5.41) is 6.43. The zero-order chi connectivity index (χ0) is 12.0. The zero-order valence-electron chi connectivity index (χ0n) is 10.0. The third kappa shape index (κ3) is 2.55. The number of nitrogens with one attached hydrogen (secondary N) is 2. The summed E-state index contributed by atoms with van der Waals surface area (Å²) < 4.78 is 5.15. The Morgan fingerprint density at radius 3 is 3.06 bits per heavy atom. The van der Waals surface area contributed by atoms with E-state index >= 15 is 0 Å². The maximum Gasteiger partial charge on any atom is 0.326 e. The van der Waals surface area contributed by atoms with Crippen molar-refractivity contribution in [3.63, 3.8) is 0 Å². The molecule has 1 fully saturated rings. The second kappa shape index (κ2) is 5.88. The van der Waals surface area contributed by atoms with Crippen LogP contribution in [0.3, 0.4) is 0 Å². The van der Waals surface area contributed by atoms with E-state index in [2.05, 4.69) is 16.6 Å². The van der Waals surface area contributed by atoms with Crippen LogP contribution >= 0.6 is 0 Å². The van der Waals surface area contributed by atoms with Crippen LogP contribution in [0.25, 0.3) is 0 Å². The first-order valence-corrected chi connectivity index (χ1v) is 5.73. The first-order valence-electron chi connectivity index (χ1n) is 5.73. The highest BCUT2D eigenvalue weighted by Gasteiger charge is 2.45. The van der Waals surface area contributed by atoms with Crippen molar-refractivity contribution in [1.82, 2.24) is 10.6 Å². The molecule has 2 atom stereocenters. The molecule has 0 aromatic carbocycles. The second-order valence-electron chi connectivity index (χ2n) is 4.10. The predicted octanol–water partition coefficient (Wildman–Crippen LogP) is 0.140. The van der Waals surface area contributed by atoms with Crippen molar-refractivity contribution < 1.29 is 9.53 Å². The third-order valence-corrected chi connectivity index (χ3v) is 3.13. The van der Waals surface area contributed by atoms with E-state index < -0.39 is 5.54 Å². The van der Waals surface area contributed by atoms with E-state index in [0.717, 1.165) is 13.1 Å². The normalized spacial score (nSPS) is 29.4. The lowest BCUT2D eigenvalue weighted by Crippen LogP contribution is -2.63. The fourth-order valence-corrected chi connectivity index (χ4v) is 2.13. The van der Waals surface area contributed by atoms with Crippen LogP contribution in [0.1, 0.15) is 20.3 Å². The second-order valence-corrected chi connectivity index (χ2v) is 4.10. The first-order chi connectivity index (χ1) is 7.67. The molecule has 0 aliphatic carbocycles. The van der Waals surface area contributed by atoms with Crippen LogP contribution in [-0.2, 0) is 9.53 Å². The molecule has 4 nitrogen and oxygen atoms in total. The Bertz CT molecular complexity index is 285. The van der Waals surface area contributed by atoms with E-state index in [1.54, 1.807) is 0 Å². The molecule has 0 aromatic heterocycles. The number of esters is 1. The molecule has 1 aliphatic heterocycles. The molecule has 2 unspecified atom stereocenters. The maximum atomic E-state index is 12.1. The Morgan fingerprint density at radius 1 is 1.75 bits per heavy atom. The zero-order valence-corrected chi connectivity index (χ0v) is 10.0. The SMILES string of the molecule is C#CCNC1(C(=O)OCC)CCNCC1C. The van der Waals surface area contributed by atoms with Gasteiger partial charge in [-0.2, -0.15) is 0 Å². The van der Waals surface area contributed by atoms with Gasteiger partial charge in [0.1, 0.15) is 5.54 Å². The van der Waals surface area contributed by atoms with Gasteiger partial charge in [0, 0.05) is 6.54 Å². The van der Waals surface area contributed by atoms with Crippen LogP contribution in [0, 0.1) is 18.3 Å². The number of hydrogen-bond donors (Lipinski definition) is 2. The minimum Gasteiger partial charge on any atom is -0.465 e. The summed E-state index contributed by atoms with van der Waals surface area (Å²) in [6.45, 7) is 6.25. The minimum atomic E-state index is -0.617. The highest BCUT2D eigenvalue weighted by atomic mass is 16.5. The molecule has 1 aliphatic rings. The van der Waals surface area contributed by atoms with Crippen LogP contribution < -0.4 is 10.6 Å². The van der Waals surface area contributed by atoms with Crippen molar-refractivity contribution in [3.8, 4) is 12.3 Å². The molecule has 0 aromatic rings. The van der Waals surface area contributed by atoms with Crippen LogP contribution in [-0.4, -0.2) is 37.7 Å². The third-order valence-electron chi connectivity index (χ3n) is 3.13. The largest absolute Gasteiger partial charge is 0.465 e. The van der Waals surface area contributed by atoms with Crippen molar-refractivity contribution in [1.29, 1.82) is 0 Å². The van der Waals surface area contributed by atoms with Crippen molar-refractivity contribution in [3.05, 3.63) is 0 Å². The van der Waals surface area contributed by atoms with Crippen molar-refractivity contribution in [2.45, 2.75) is 25.8 Å². The van der Waals surface area contributed by atoms with Gasteiger partial charge in [-0.15, -0.1) is 6.42 Å². The summed E-state index contributed by atoms with van der Waals surface area (Å²) in [7, 11) is 0. The van der Waals surface area contributed by atoms with Gasteiger partial charge >= 0.3 is 5.97 Å². The van der Waals surface area contributed by atoms with Crippen LogP contribution in [0.2, 0.25) is 0 Å². The Morgan fingerprint density at radius 2 is 2.50 bits per heavy atom. The van der Waals surface area contributed by atoms with E-state index in [9.17, 15) is 4.79 Å². The Hall–Kier alpha value is -1.05. The topological polar surface area (TPSA) is 50.4 Å². The fourth-order valence-electron chi connectivity index (χ4n) is 2.13. The number of ether oxygens (including phenoxy) is 1. The average molecular weight is 224 g/mol. The first kappa shape index (κ1) is 13.0. The number of carbonyl (C=O) groups excluding carboxylic acids is 1. The van der Waals surface area contributed by atoms with Gasteiger partial charge in [0.2, 0.25) is 0 Å². The van der Waals surface area contributed by atoms with Gasteiger partial charge in [-0.25, -0.2) is 0 Å². The molecular formula is C12H20N2O2. The van der Waals surface area contributed by atoms with E-state index in [-0.39, 0.29) is 11.9 Å². The van der Waals surface area contributed by atoms with Gasteiger partial charge in [0.15, 0.2) is 0 Å². The monoisotopic (exact) mass is 224 g/mol. The van der Waals surface area contributed by atoms with E-state index in [1.807, 2.05) is 13.8 Å². The number of carbonyl (C=O) groups is 1. The van der Waals surface area contributed by atoms with E-state index in [1.165, 1.54) is 0 Å². The molecule has 1 heterocycles. The number of rotatable bonds is 4. The molecular weight excluding hydrogens is 204 g/mol. The van der Waals surface area contributed by atoms with Gasteiger partial charge in [-0.05, 0) is 25.8 Å². The Labute approximate surface area is 97.1 Å². The lowest BCUT2D eigenvalue weighted by atomic mass is 9.79. The maximum absolute atomic E-state index is 12.1. The summed E-state index contributed by atoms with van der Waals surface area (Å²) in [4.78, 5) is 12.1. The lowest BCUT2D eigenvalue weighted by molar-refractivity contribution is -0.154. The van der Waals surface area contributed by atoms with Crippen LogP contribution in [0.4, 0.5) is 0 Å². The summed E-state index contributed by atoms with van der Waals surface area (Å²) in [5.74, 6) is 2.51. The fraction of sp³-hybridized carbons (Fsp3) is 0.750. The lowest BCUT2D eigenvalue weighted by Gasteiger charge is -2.40. The molecule has 0 amide bonds. The standard InChI is InChI=1S/C12H20N2O2/c1-4-7-14-12(11(15)16-5-2)6-8-13-9-10(12)3/h1,10,13-14H,5-9H2,2-3H3. The minimum absolute atomic E-state index is 0.175. The van der Waals surface area contributed by atoms with Gasteiger partial charge in [-0.1, -0.05) is 12.8 Å². The average Bonchev–Trinajstić information content (AvgIpc) is 2.28. The van der Waals surface area contributed by atoms with Gasteiger partial charge in [-0.3, -0.25) is 10.1 Å². The molecule has 0 saturated carbocycles. The van der Waals surface area contributed by atoms with E-state index in [4.69, 9.17) is 11.2 Å². The molecule has 90 valence electrons. The molecule has 16 heavy (non-hydrogen) atoms. The smallest absolute Gasteiger partial charge is 0.326 e. The highest BCUT2D eigenvalue weighted by Crippen LogP contribution is 2.25. The summed E-state index contributed by atoms with van der Waals surface area (Å²) in [6.07, 6.45) is 5.96. The molecule has 1 rings (SSSR count). The quantitative estimate of drug-likeness (QED) is 0.527. The predicted molar refractivity (Wildman–Crippen MR) is 62.9 cm³/mol. The van der Waals surface area contributed by atoms with Gasteiger partial charge in [0.05, 0.1) is 13.2 Å². The van der Waals surface area contributed by atoms with Crippen molar-refractivity contribution in [2.24, 2.45) is 5.92 Å². The highest BCUT2D eigenvalue weighted by molar-refractivity contribution is 5.81. The Kier molecular flexibility index (Phi) is 4.78. The summed E-state index contributed by atoms with van der Waals surface area (Å²) in [5.41, 5.74) is -0.617. The molecule has 1 saturated heterocycles. The van der Waals surface area contributed by atoms with Gasteiger partial charge < -0.3 is 10.1 Å². The van der Waals surface area contributed by atoms with Crippen molar-refractivity contribution in [2.75, 3.05) is 26.2 Å². The van der Waals surface area contributed by atoms with Crippen molar-refractivity contribution >= 4 is 5.97 Å². The van der Waals surface area contributed by atoms with Crippen LogP contribution in [0.5, 0.6) is 0 Å². The van der Waals surface area contributed by atoms with E-state index in [0.29, 0.717) is 19.6 Å². The number of hydrogen-bond acceptors (Lipinski definition) is 4.